The third-order valence-corrected chi connectivity index (χ3v) is 3.92. The van der Waals surface area contributed by atoms with Gasteiger partial charge in [0.15, 0.2) is 0 Å². The summed E-state index contributed by atoms with van der Waals surface area (Å²) in [5.74, 6) is 0.359. The molecule has 1 saturated heterocycles. The van der Waals surface area contributed by atoms with Crippen molar-refractivity contribution in [3.8, 4) is 0 Å². The lowest BCUT2D eigenvalue weighted by Crippen LogP contribution is -2.34. The van der Waals surface area contributed by atoms with Crippen LogP contribution in [0.2, 0.25) is 0 Å². The van der Waals surface area contributed by atoms with Gasteiger partial charge in [0.1, 0.15) is 5.76 Å². The summed E-state index contributed by atoms with van der Waals surface area (Å²) in [7, 11) is 0. The second-order valence-corrected chi connectivity index (χ2v) is 5.62. The molecule has 0 aromatic carbocycles. The topological polar surface area (TPSA) is 75.4 Å². The van der Waals surface area contributed by atoms with Gasteiger partial charge < -0.3 is 14.6 Å². The fourth-order valence-corrected chi connectivity index (χ4v) is 2.70. The van der Waals surface area contributed by atoms with E-state index in [9.17, 15) is 9.59 Å². The number of carbonyl (C=O) groups excluding carboxylic acids is 2. The number of nitrogens with one attached hydrogen (secondary N) is 1. The number of furan rings is 1. The number of nitrogens with zero attached hydrogens (tertiary/aromatic N) is 2. The predicted octanol–water partition coefficient (Wildman–Crippen LogP) is 1.38. The van der Waals surface area contributed by atoms with E-state index in [0.29, 0.717) is 26.1 Å². The quantitative estimate of drug-likeness (QED) is 0.874. The molecule has 3 rings (SSSR count). The molecule has 2 aromatic rings. The molecular weight excluding hydrogens is 294 g/mol. The summed E-state index contributed by atoms with van der Waals surface area (Å²) in [6.45, 7) is 1.39. The molecule has 2 aromatic heterocycles. The molecular formula is C17H19N3O3. The monoisotopic (exact) mass is 313 g/mol. The molecule has 120 valence electrons. The van der Waals surface area contributed by atoms with Crippen LogP contribution < -0.4 is 5.32 Å². The van der Waals surface area contributed by atoms with Crippen LogP contribution in [0.15, 0.2) is 47.2 Å². The fourth-order valence-electron chi connectivity index (χ4n) is 2.70. The van der Waals surface area contributed by atoms with Crippen molar-refractivity contribution in [1.29, 1.82) is 0 Å². The third kappa shape index (κ3) is 3.97. The van der Waals surface area contributed by atoms with Crippen molar-refractivity contribution in [3.63, 3.8) is 0 Å². The number of rotatable bonds is 6. The Kier molecular flexibility index (Phi) is 4.71. The van der Waals surface area contributed by atoms with Crippen molar-refractivity contribution in [1.82, 2.24) is 15.2 Å². The smallest absolute Gasteiger partial charge is 0.225 e. The van der Waals surface area contributed by atoms with Crippen LogP contribution in [-0.2, 0) is 22.6 Å². The van der Waals surface area contributed by atoms with Crippen LogP contribution in [0.25, 0.3) is 0 Å². The maximum atomic E-state index is 12.2. The van der Waals surface area contributed by atoms with Crippen LogP contribution in [-0.4, -0.2) is 34.8 Å². The summed E-state index contributed by atoms with van der Waals surface area (Å²) in [6.07, 6.45) is 4.26. The van der Waals surface area contributed by atoms with Gasteiger partial charge >= 0.3 is 0 Å². The molecule has 0 saturated carbocycles. The van der Waals surface area contributed by atoms with E-state index in [0.717, 1.165) is 11.5 Å². The molecule has 0 aliphatic carbocycles. The molecule has 6 nitrogen and oxygen atoms in total. The van der Waals surface area contributed by atoms with Gasteiger partial charge in [0, 0.05) is 37.8 Å². The van der Waals surface area contributed by atoms with Gasteiger partial charge in [-0.15, -0.1) is 0 Å². The summed E-state index contributed by atoms with van der Waals surface area (Å²) in [5.41, 5.74) is 0.940. The molecule has 0 unspecified atom stereocenters. The molecule has 2 amide bonds. The summed E-state index contributed by atoms with van der Waals surface area (Å²) < 4.78 is 5.25. The molecule has 1 aliphatic heterocycles. The van der Waals surface area contributed by atoms with Crippen LogP contribution in [0.4, 0.5) is 0 Å². The van der Waals surface area contributed by atoms with Crippen molar-refractivity contribution in [2.24, 2.45) is 5.92 Å². The minimum atomic E-state index is -0.291. The zero-order valence-corrected chi connectivity index (χ0v) is 12.8. The molecule has 0 spiro atoms. The molecule has 6 heteroatoms. The van der Waals surface area contributed by atoms with Crippen molar-refractivity contribution in [3.05, 3.63) is 54.2 Å². The lowest BCUT2D eigenvalue weighted by molar-refractivity contribution is -0.129. The summed E-state index contributed by atoms with van der Waals surface area (Å²) >= 11 is 0. The standard InChI is InChI=1S/C17H19N3O3/c21-16-10-13(11-20(16)12-15-5-3-9-23-15)17(22)19-8-6-14-4-1-2-7-18-14/h1-5,7,9,13H,6,8,10-12H2,(H,19,22)/t13-/m0/s1. The minimum Gasteiger partial charge on any atom is -0.467 e. The Labute approximate surface area is 134 Å². The minimum absolute atomic E-state index is 0.00808. The average molecular weight is 313 g/mol. The highest BCUT2D eigenvalue weighted by Gasteiger charge is 2.34. The number of hydrogen-bond donors (Lipinski definition) is 1. The lowest BCUT2D eigenvalue weighted by atomic mass is 10.1. The van der Waals surface area contributed by atoms with Crippen LogP contribution in [0.3, 0.4) is 0 Å². The summed E-state index contributed by atoms with van der Waals surface area (Å²) in [5, 5.41) is 2.89. The van der Waals surface area contributed by atoms with E-state index >= 15 is 0 Å². The zero-order valence-electron chi connectivity index (χ0n) is 12.8. The molecule has 1 N–H and O–H groups in total. The Morgan fingerprint density at radius 3 is 3.00 bits per heavy atom. The maximum Gasteiger partial charge on any atom is 0.225 e. The van der Waals surface area contributed by atoms with E-state index in [-0.39, 0.29) is 24.2 Å². The molecule has 0 bridgehead atoms. The molecule has 1 aliphatic rings. The van der Waals surface area contributed by atoms with Crippen molar-refractivity contribution >= 4 is 11.8 Å². The van der Waals surface area contributed by atoms with Crippen molar-refractivity contribution < 1.29 is 14.0 Å². The Hall–Kier alpha value is -2.63. The van der Waals surface area contributed by atoms with Crippen molar-refractivity contribution in [2.45, 2.75) is 19.4 Å². The predicted molar refractivity (Wildman–Crippen MR) is 83.2 cm³/mol. The number of amides is 2. The van der Waals surface area contributed by atoms with Gasteiger partial charge in [-0.3, -0.25) is 14.6 Å². The number of carbonyl (C=O) groups is 2. The maximum absolute atomic E-state index is 12.2. The first-order chi connectivity index (χ1) is 11.2. The van der Waals surface area contributed by atoms with Gasteiger partial charge in [0.05, 0.1) is 18.7 Å². The van der Waals surface area contributed by atoms with Gasteiger partial charge in [0.2, 0.25) is 11.8 Å². The van der Waals surface area contributed by atoms with Crippen LogP contribution in [0, 0.1) is 5.92 Å². The highest BCUT2D eigenvalue weighted by atomic mass is 16.3. The number of aromatic nitrogens is 1. The van der Waals surface area contributed by atoms with Crippen LogP contribution in [0.5, 0.6) is 0 Å². The summed E-state index contributed by atoms with van der Waals surface area (Å²) in [4.78, 5) is 30.1. The van der Waals surface area contributed by atoms with Gasteiger partial charge in [-0.2, -0.15) is 0 Å². The molecule has 23 heavy (non-hydrogen) atoms. The average Bonchev–Trinajstić information content (AvgIpc) is 3.19. The molecule has 1 atom stereocenters. The largest absolute Gasteiger partial charge is 0.467 e. The first kappa shape index (κ1) is 15.3. The molecule has 3 heterocycles. The number of hydrogen-bond acceptors (Lipinski definition) is 4. The van der Waals surface area contributed by atoms with E-state index in [1.165, 1.54) is 0 Å². The van der Waals surface area contributed by atoms with E-state index in [1.54, 1.807) is 23.4 Å². The van der Waals surface area contributed by atoms with E-state index in [2.05, 4.69) is 10.3 Å². The van der Waals surface area contributed by atoms with Gasteiger partial charge in [-0.25, -0.2) is 0 Å². The lowest BCUT2D eigenvalue weighted by Gasteiger charge is -2.15. The summed E-state index contributed by atoms with van der Waals surface area (Å²) in [6, 6.07) is 9.33. The second-order valence-electron chi connectivity index (χ2n) is 5.62. The van der Waals surface area contributed by atoms with Crippen LogP contribution >= 0.6 is 0 Å². The normalized spacial score (nSPS) is 17.5. The fraction of sp³-hybridized carbons (Fsp3) is 0.353. The Bertz CT molecular complexity index is 655. The van der Waals surface area contributed by atoms with Gasteiger partial charge in [0.25, 0.3) is 0 Å². The van der Waals surface area contributed by atoms with E-state index < -0.39 is 0 Å². The number of pyridine rings is 1. The Morgan fingerprint density at radius 2 is 2.26 bits per heavy atom. The van der Waals surface area contributed by atoms with Crippen molar-refractivity contribution in [2.75, 3.05) is 13.1 Å². The number of likely N-dealkylation sites (tertiary alicyclic amines) is 1. The van der Waals surface area contributed by atoms with Gasteiger partial charge in [-0.1, -0.05) is 6.07 Å². The highest BCUT2D eigenvalue weighted by molar-refractivity contribution is 5.89. The SMILES string of the molecule is O=C(NCCc1ccccn1)[C@H]1CC(=O)N(Cc2ccco2)C1. The molecule has 0 radical (unpaired) electrons. The zero-order chi connectivity index (χ0) is 16.1. The van der Waals surface area contributed by atoms with E-state index in [4.69, 9.17) is 4.42 Å². The van der Waals surface area contributed by atoms with E-state index in [1.807, 2.05) is 24.3 Å². The highest BCUT2D eigenvalue weighted by Crippen LogP contribution is 2.20. The van der Waals surface area contributed by atoms with Gasteiger partial charge in [-0.05, 0) is 24.3 Å². The second kappa shape index (κ2) is 7.09. The Balaban J connectivity index is 1.46. The third-order valence-electron chi connectivity index (χ3n) is 3.92. The van der Waals surface area contributed by atoms with Crippen LogP contribution in [0.1, 0.15) is 17.9 Å². The first-order valence-corrected chi connectivity index (χ1v) is 7.70. The molecule has 1 fully saturated rings. The first-order valence-electron chi connectivity index (χ1n) is 7.70. The Morgan fingerprint density at radius 1 is 1.35 bits per heavy atom.